The highest BCUT2D eigenvalue weighted by Crippen LogP contribution is 2.32. The minimum Gasteiger partial charge on any atom is -0.357 e. The maximum absolute atomic E-state index is 6.14. The van der Waals surface area contributed by atoms with Gasteiger partial charge in [0.15, 0.2) is 0 Å². The Hall–Kier alpha value is 0.270. The molecule has 1 atom stereocenters. The Labute approximate surface area is 84.8 Å². The van der Waals surface area contributed by atoms with Gasteiger partial charge in [0.2, 0.25) is 0 Å². The molecule has 2 heterocycles. The average Bonchev–Trinajstić information content (AvgIpc) is 2.19. The van der Waals surface area contributed by atoms with E-state index in [9.17, 15) is 0 Å². The van der Waals surface area contributed by atoms with Gasteiger partial charge in [-0.1, -0.05) is 6.92 Å². The quantitative estimate of drug-likeness (QED) is 0.701. The molecule has 0 amide bonds. The number of thioether (sulfide) groups is 1. The number of hydrogen-bond acceptors (Lipinski definition) is 3. The molecular formula is C10H19NOS. The van der Waals surface area contributed by atoms with E-state index in [1.54, 1.807) is 0 Å². The standard InChI is InChI=1S/C10H19NOS/c1-2-9-3-6-11-10(12-9)4-7-13-8-5-10/h9,11H,2-8H2,1H3. The predicted molar refractivity (Wildman–Crippen MR) is 57.1 cm³/mol. The van der Waals surface area contributed by atoms with Crippen LogP contribution in [0.3, 0.4) is 0 Å². The minimum absolute atomic E-state index is 0.0597. The average molecular weight is 201 g/mol. The normalized spacial score (nSPS) is 33.5. The van der Waals surface area contributed by atoms with E-state index in [2.05, 4.69) is 24.0 Å². The van der Waals surface area contributed by atoms with Gasteiger partial charge < -0.3 is 4.74 Å². The topological polar surface area (TPSA) is 21.3 Å². The summed E-state index contributed by atoms with van der Waals surface area (Å²) in [6.45, 7) is 3.37. The summed E-state index contributed by atoms with van der Waals surface area (Å²) < 4.78 is 6.14. The lowest BCUT2D eigenvalue weighted by atomic mass is 10.0. The van der Waals surface area contributed by atoms with E-state index in [0.29, 0.717) is 6.10 Å². The summed E-state index contributed by atoms with van der Waals surface area (Å²) in [5.41, 5.74) is 0.0597. The van der Waals surface area contributed by atoms with E-state index in [0.717, 1.165) is 13.0 Å². The van der Waals surface area contributed by atoms with Crippen molar-refractivity contribution in [2.75, 3.05) is 18.1 Å². The molecule has 76 valence electrons. The Kier molecular flexibility index (Phi) is 3.17. The van der Waals surface area contributed by atoms with Gasteiger partial charge in [-0.3, -0.25) is 5.32 Å². The minimum atomic E-state index is 0.0597. The van der Waals surface area contributed by atoms with Gasteiger partial charge in [-0.25, -0.2) is 0 Å². The third-order valence-electron chi connectivity index (χ3n) is 3.06. The van der Waals surface area contributed by atoms with Crippen LogP contribution in [-0.4, -0.2) is 29.9 Å². The molecule has 13 heavy (non-hydrogen) atoms. The molecule has 0 aromatic heterocycles. The highest BCUT2D eigenvalue weighted by Gasteiger charge is 2.37. The third-order valence-corrected chi connectivity index (χ3v) is 4.05. The molecule has 2 nitrogen and oxygen atoms in total. The third kappa shape index (κ3) is 2.20. The molecule has 2 fully saturated rings. The second-order valence-corrected chi connectivity index (χ2v) is 5.19. The van der Waals surface area contributed by atoms with Gasteiger partial charge in [0, 0.05) is 6.54 Å². The van der Waals surface area contributed by atoms with E-state index in [-0.39, 0.29) is 5.72 Å². The van der Waals surface area contributed by atoms with Crippen molar-refractivity contribution in [3.63, 3.8) is 0 Å². The fraction of sp³-hybridized carbons (Fsp3) is 1.00. The van der Waals surface area contributed by atoms with E-state index < -0.39 is 0 Å². The van der Waals surface area contributed by atoms with Crippen LogP contribution in [0.15, 0.2) is 0 Å². The molecule has 2 aliphatic heterocycles. The van der Waals surface area contributed by atoms with Crippen LogP contribution in [0.1, 0.15) is 32.6 Å². The molecule has 1 unspecified atom stereocenters. The molecule has 0 aliphatic carbocycles. The zero-order valence-electron chi connectivity index (χ0n) is 8.34. The zero-order valence-corrected chi connectivity index (χ0v) is 9.16. The molecule has 0 saturated carbocycles. The highest BCUT2D eigenvalue weighted by atomic mass is 32.2. The number of hydrogen-bond donors (Lipinski definition) is 1. The highest BCUT2D eigenvalue weighted by molar-refractivity contribution is 7.99. The summed E-state index contributed by atoms with van der Waals surface area (Å²) in [6.07, 6.45) is 5.23. The van der Waals surface area contributed by atoms with Gasteiger partial charge in [0.05, 0.1) is 6.10 Å². The lowest BCUT2D eigenvalue weighted by Crippen LogP contribution is -2.56. The van der Waals surface area contributed by atoms with E-state index in [1.807, 2.05) is 0 Å². The summed E-state index contributed by atoms with van der Waals surface area (Å²) in [4.78, 5) is 0. The molecule has 1 N–H and O–H groups in total. The van der Waals surface area contributed by atoms with Gasteiger partial charge in [0.25, 0.3) is 0 Å². The van der Waals surface area contributed by atoms with E-state index in [1.165, 1.54) is 30.8 Å². The number of ether oxygens (including phenoxy) is 1. The smallest absolute Gasteiger partial charge is 0.121 e. The van der Waals surface area contributed by atoms with Crippen LogP contribution in [0.5, 0.6) is 0 Å². The van der Waals surface area contributed by atoms with Crippen molar-refractivity contribution in [2.24, 2.45) is 0 Å². The lowest BCUT2D eigenvalue weighted by molar-refractivity contribution is -0.146. The summed E-state index contributed by atoms with van der Waals surface area (Å²) in [7, 11) is 0. The SMILES string of the molecule is CCC1CCNC2(CCSCC2)O1. The molecule has 0 aromatic rings. The Balaban J connectivity index is 1.95. The van der Waals surface area contributed by atoms with Crippen molar-refractivity contribution >= 4 is 11.8 Å². The van der Waals surface area contributed by atoms with Crippen molar-refractivity contribution in [1.29, 1.82) is 0 Å². The molecule has 0 aromatic carbocycles. The molecule has 2 saturated heterocycles. The van der Waals surface area contributed by atoms with Crippen molar-refractivity contribution in [1.82, 2.24) is 5.32 Å². The van der Waals surface area contributed by atoms with Gasteiger partial charge in [-0.2, -0.15) is 11.8 Å². The number of nitrogens with one attached hydrogen (secondary N) is 1. The Morgan fingerprint density at radius 3 is 2.92 bits per heavy atom. The first-order valence-electron chi connectivity index (χ1n) is 5.35. The maximum Gasteiger partial charge on any atom is 0.121 e. The van der Waals surface area contributed by atoms with Crippen LogP contribution >= 0.6 is 11.8 Å². The molecule has 2 rings (SSSR count). The van der Waals surface area contributed by atoms with E-state index in [4.69, 9.17) is 4.74 Å². The molecule has 1 spiro atoms. The summed E-state index contributed by atoms with van der Waals surface area (Å²) in [5.74, 6) is 2.51. The van der Waals surface area contributed by atoms with Gasteiger partial charge in [-0.05, 0) is 37.2 Å². The Bertz CT molecular complexity index is 163. The summed E-state index contributed by atoms with van der Waals surface area (Å²) in [6, 6.07) is 0. The number of rotatable bonds is 1. The molecule has 3 heteroatoms. The fourth-order valence-electron chi connectivity index (χ4n) is 2.16. The van der Waals surface area contributed by atoms with Crippen LogP contribution in [0.4, 0.5) is 0 Å². The second kappa shape index (κ2) is 4.20. The van der Waals surface area contributed by atoms with Crippen molar-refractivity contribution in [3.8, 4) is 0 Å². The van der Waals surface area contributed by atoms with E-state index >= 15 is 0 Å². The largest absolute Gasteiger partial charge is 0.357 e. The van der Waals surface area contributed by atoms with Crippen LogP contribution in [0.2, 0.25) is 0 Å². The summed E-state index contributed by atoms with van der Waals surface area (Å²) >= 11 is 2.05. The van der Waals surface area contributed by atoms with Crippen molar-refractivity contribution < 1.29 is 4.74 Å². The van der Waals surface area contributed by atoms with Gasteiger partial charge in [0.1, 0.15) is 5.72 Å². The van der Waals surface area contributed by atoms with Crippen molar-refractivity contribution in [2.45, 2.75) is 44.4 Å². The van der Waals surface area contributed by atoms with Crippen molar-refractivity contribution in [3.05, 3.63) is 0 Å². The predicted octanol–water partition coefficient (Wildman–Crippen LogP) is 2.00. The van der Waals surface area contributed by atoms with Crippen LogP contribution in [0.25, 0.3) is 0 Å². The molecular weight excluding hydrogens is 182 g/mol. The zero-order chi connectivity index (χ0) is 9.15. The second-order valence-electron chi connectivity index (χ2n) is 3.97. The Morgan fingerprint density at radius 1 is 1.46 bits per heavy atom. The van der Waals surface area contributed by atoms with Crippen LogP contribution in [-0.2, 0) is 4.74 Å². The first kappa shape index (κ1) is 9.81. The fourth-order valence-corrected chi connectivity index (χ4v) is 3.32. The maximum atomic E-state index is 6.14. The summed E-state index contributed by atoms with van der Waals surface area (Å²) in [5, 5.41) is 3.56. The molecule has 0 bridgehead atoms. The molecule has 2 aliphatic rings. The first-order valence-corrected chi connectivity index (χ1v) is 6.51. The lowest BCUT2D eigenvalue weighted by Gasteiger charge is -2.44. The van der Waals surface area contributed by atoms with Crippen LogP contribution < -0.4 is 5.32 Å². The van der Waals surface area contributed by atoms with Crippen LogP contribution in [0, 0.1) is 0 Å². The monoisotopic (exact) mass is 201 g/mol. The molecule has 0 radical (unpaired) electrons. The first-order chi connectivity index (χ1) is 6.35. The Morgan fingerprint density at radius 2 is 2.23 bits per heavy atom. The van der Waals surface area contributed by atoms with Gasteiger partial charge >= 0.3 is 0 Å². The van der Waals surface area contributed by atoms with Gasteiger partial charge in [-0.15, -0.1) is 0 Å².